The lowest BCUT2D eigenvalue weighted by atomic mass is 9.82. The molecule has 6 nitrogen and oxygen atoms in total. The Morgan fingerprint density at radius 1 is 1.03 bits per heavy atom. The van der Waals surface area contributed by atoms with Gasteiger partial charge in [0.25, 0.3) is 5.91 Å². The first-order valence-electron chi connectivity index (χ1n) is 10.6. The van der Waals surface area contributed by atoms with Crippen LogP contribution in [0.15, 0.2) is 59.9 Å². The number of aliphatic hydroxyl groups is 1. The van der Waals surface area contributed by atoms with E-state index in [1.54, 1.807) is 32.9 Å². The molecule has 0 saturated heterocycles. The standard InChI is InChI=1S/C25H30N2O4/c1-6-26(7-2)17-11-13-18(14-12-17)27-21(16-9-8-10-19(28)15-16)20(22(29)24(27)31)23(30)25(3,4)5/h8-15,21,28-29H,6-7H2,1-5H3. The monoisotopic (exact) mass is 422 g/mol. The highest BCUT2D eigenvalue weighted by Gasteiger charge is 2.46. The lowest BCUT2D eigenvalue weighted by Gasteiger charge is -2.29. The lowest BCUT2D eigenvalue weighted by Crippen LogP contribution is -2.32. The van der Waals surface area contributed by atoms with Crippen molar-refractivity contribution in [2.24, 2.45) is 5.41 Å². The number of phenolic OH excluding ortho intramolecular Hbond substituents is 1. The Kier molecular flexibility index (Phi) is 6.11. The fourth-order valence-corrected chi connectivity index (χ4v) is 3.93. The average molecular weight is 423 g/mol. The first-order chi connectivity index (χ1) is 14.6. The third kappa shape index (κ3) is 4.15. The fourth-order valence-electron chi connectivity index (χ4n) is 3.93. The Balaban J connectivity index is 2.13. The number of rotatable bonds is 6. The van der Waals surface area contributed by atoms with Crippen molar-refractivity contribution in [3.63, 3.8) is 0 Å². The summed E-state index contributed by atoms with van der Waals surface area (Å²) in [5, 5.41) is 20.8. The van der Waals surface area contributed by atoms with Crippen LogP contribution >= 0.6 is 0 Å². The minimum absolute atomic E-state index is 0.0238. The van der Waals surface area contributed by atoms with Gasteiger partial charge in [-0.2, -0.15) is 0 Å². The summed E-state index contributed by atoms with van der Waals surface area (Å²) in [6.45, 7) is 11.1. The van der Waals surface area contributed by atoms with Crippen LogP contribution in [0.2, 0.25) is 0 Å². The van der Waals surface area contributed by atoms with E-state index in [1.807, 2.05) is 24.3 Å². The average Bonchev–Trinajstić information content (AvgIpc) is 2.99. The number of aliphatic hydroxyl groups excluding tert-OH is 1. The summed E-state index contributed by atoms with van der Waals surface area (Å²) < 4.78 is 0. The van der Waals surface area contributed by atoms with Crippen LogP contribution in [-0.2, 0) is 9.59 Å². The zero-order valence-electron chi connectivity index (χ0n) is 18.7. The number of nitrogens with zero attached hydrogens (tertiary/aromatic N) is 2. The molecule has 0 fully saturated rings. The quantitative estimate of drug-likeness (QED) is 0.702. The van der Waals surface area contributed by atoms with Gasteiger partial charge in [-0.3, -0.25) is 14.5 Å². The van der Waals surface area contributed by atoms with E-state index >= 15 is 0 Å². The normalized spacial score (nSPS) is 16.7. The van der Waals surface area contributed by atoms with E-state index in [1.165, 1.54) is 17.0 Å². The van der Waals surface area contributed by atoms with Gasteiger partial charge in [0.05, 0.1) is 11.6 Å². The number of hydrogen-bond donors (Lipinski definition) is 2. The van der Waals surface area contributed by atoms with Crippen molar-refractivity contribution in [1.29, 1.82) is 0 Å². The Bertz CT molecular complexity index is 1010. The molecule has 1 atom stereocenters. The summed E-state index contributed by atoms with van der Waals surface area (Å²) in [6.07, 6.45) is 0. The van der Waals surface area contributed by atoms with Crippen molar-refractivity contribution in [3.8, 4) is 5.75 Å². The summed E-state index contributed by atoms with van der Waals surface area (Å²) >= 11 is 0. The smallest absolute Gasteiger partial charge is 0.294 e. The summed E-state index contributed by atoms with van der Waals surface area (Å²) in [5.74, 6) is -1.46. The molecule has 3 rings (SSSR count). The van der Waals surface area contributed by atoms with E-state index in [4.69, 9.17) is 0 Å². The highest BCUT2D eigenvalue weighted by Crippen LogP contribution is 2.44. The number of carbonyl (C=O) groups is 2. The van der Waals surface area contributed by atoms with Crippen LogP contribution in [0.5, 0.6) is 5.75 Å². The van der Waals surface area contributed by atoms with Gasteiger partial charge in [0.1, 0.15) is 5.75 Å². The molecule has 1 aliphatic rings. The molecule has 31 heavy (non-hydrogen) atoms. The lowest BCUT2D eigenvalue weighted by molar-refractivity contribution is -0.123. The molecule has 0 spiro atoms. The van der Waals surface area contributed by atoms with Crippen molar-refractivity contribution < 1.29 is 19.8 Å². The molecule has 2 N–H and O–H groups in total. The van der Waals surface area contributed by atoms with Crippen LogP contribution in [0.4, 0.5) is 11.4 Å². The molecule has 1 amide bonds. The number of hydrogen-bond acceptors (Lipinski definition) is 5. The predicted molar refractivity (Wildman–Crippen MR) is 122 cm³/mol. The molecule has 0 aliphatic carbocycles. The second-order valence-electron chi connectivity index (χ2n) is 8.70. The van der Waals surface area contributed by atoms with Crippen LogP contribution in [0, 0.1) is 5.41 Å². The van der Waals surface area contributed by atoms with Gasteiger partial charge in [-0.05, 0) is 55.8 Å². The van der Waals surface area contributed by atoms with Gasteiger partial charge in [0, 0.05) is 29.9 Å². The molecule has 1 unspecified atom stereocenters. The van der Waals surface area contributed by atoms with Crippen LogP contribution in [-0.4, -0.2) is 35.0 Å². The molecule has 2 aromatic rings. The van der Waals surface area contributed by atoms with Crippen molar-refractivity contribution in [3.05, 3.63) is 65.4 Å². The number of amides is 1. The third-order valence-corrected chi connectivity index (χ3v) is 5.58. The second kappa shape index (κ2) is 8.46. The van der Waals surface area contributed by atoms with E-state index in [-0.39, 0.29) is 17.1 Å². The summed E-state index contributed by atoms with van der Waals surface area (Å²) in [7, 11) is 0. The van der Waals surface area contributed by atoms with Gasteiger partial charge in [-0.15, -0.1) is 0 Å². The van der Waals surface area contributed by atoms with E-state index in [0.29, 0.717) is 11.3 Å². The molecule has 6 heteroatoms. The van der Waals surface area contributed by atoms with E-state index < -0.39 is 23.1 Å². The first-order valence-corrected chi connectivity index (χ1v) is 10.6. The number of Topliss-reactive ketones (excluding diaryl/α,β-unsaturated/α-hetero) is 1. The zero-order valence-corrected chi connectivity index (χ0v) is 18.7. The molecular weight excluding hydrogens is 392 g/mol. The highest BCUT2D eigenvalue weighted by molar-refractivity contribution is 6.17. The van der Waals surface area contributed by atoms with Crippen molar-refractivity contribution >= 4 is 23.1 Å². The number of ketones is 1. The molecule has 0 radical (unpaired) electrons. The number of anilines is 2. The van der Waals surface area contributed by atoms with Gasteiger partial charge >= 0.3 is 0 Å². The van der Waals surface area contributed by atoms with E-state index in [2.05, 4.69) is 18.7 Å². The van der Waals surface area contributed by atoms with E-state index in [9.17, 15) is 19.8 Å². The topological polar surface area (TPSA) is 81.1 Å². The maximum Gasteiger partial charge on any atom is 0.294 e. The molecule has 164 valence electrons. The number of carbonyl (C=O) groups excluding carboxylic acids is 2. The third-order valence-electron chi connectivity index (χ3n) is 5.58. The molecule has 0 bridgehead atoms. The van der Waals surface area contributed by atoms with Crippen molar-refractivity contribution in [1.82, 2.24) is 0 Å². The first kappa shape index (κ1) is 22.4. The zero-order chi connectivity index (χ0) is 22.9. The van der Waals surface area contributed by atoms with Crippen LogP contribution in [0.3, 0.4) is 0 Å². The fraction of sp³-hybridized carbons (Fsp3) is 0.360. The predicted octanol–water partition coefficient (Wildman–Crippen LogP) is 4.75. The number of benzene rings is 2. The maximum absolute atomic E-state index is 13.2. The van der Waals surface area contributed by atoms with Crippen LogP contribution in [0.25, 0.3) is 0 Å². The molecule has 0 aromatic heterocycles. The van der Waals surface area contributed by atoms with Crippen molar-refractivity contribution in [2.45, 2.75) is 40.7 Å². The maximum atomic E-state index is 13.2. The number of phenols is 1. The minimum atomic E-state index is -0.828. The molecule has 2 aromatic carbocycles. The van der Waals surface area contributed by atoms with Gasteiger partial charge in [0.15, 0.2) is 11.5 Å². The molecule has 0 saturated carbocycles. The Morgan fingerprint density at radius 2 is 1.65 bits per heavy atom. The SMILES string of the molecule is CCN(CC)c1ccc(N2C(=O)C(O)=C(C(=O)C(C)(C)C)C2c2cccc(O)c2)cc1. The Labute approximate surface area is 183 Å². The summed E-state index contributed by atoms with van der Waals surface area (Å²) in [5.41, 5.74) is 1.41. The van der Waals surface area contributed by atoms with Gasteiger partial charge < -0.3 is 15.1 Å². The van der Waals surface area contributed by atoms with E-state index in [0.717, 1.165) is 18.8 Å². The summed E-state index contributed by atoms with van der Waals surface area (Å²) in [6, 6.07) is 13.1. The van der Waals surface area contributed by atoms with Gasteiger partial charge in [-0.1, -0.05) is 32.9 Å². The van der Waals surface area contributed by atoms with Gasteiger partial charge in [0.2, 0.25) is 0 Å². The number of aromatic hydroxyl groups is 1. The Morgan fingerprint density at radius 3 is 2.16 bits per heavy atom. The van der Waals surface area contributed by atoms with Crippen molar-refractivity contribution in [2.75, 3.05) is 22.9 Å². The summed E-state index contributed by atoms with van der Waals surface area (Å²) in [4.78, 5) is 30.0. The van der Waals surface area contributed by atoms with Crippen LogP contribution < -0.4 is 9.80 Å². The molecular formula is C25H30N2O4. The van der Waals surface area contributed by atoms with Crippen LogP contribution in [0.1, 0.15) is 46.2 Å². The molecule has 1 aliphatic heterocycles. The minimum Gasteiger partial charge on any atom is -0.508 e. The highest BCUT2D eigenvalue weighted by atomic mass is 16.3. The Hall–Kier alpha value is -3.28. The second-order valence-corrected chi connectivity index (χ2v) is 8.70. The molecule has 1 heterocycles. The largest absolute Gasteiger partial charge is 0.508 e. The van der Waals surface area contributed by atoms with Gasteiger partial charge in [-0.25, -0.2) is 0 Å².